The van der Waals surface area contributed by atoms with E-state index in [9.17, 15) is 9.90 Å². The predicted octanol–water partition coefficient (Wildman–Crippen LogP) is 2.26. The van der Waals surface area contributed by atoms with E-state index < -0.39 is 11.4 Å². The van der Waals surface area contributed by atoms with Crippen LogP contribution in [0.15, 0.2) is 36.8 Å². The molecular formula is C17H21N3O2. The zero-order valence-corrected chi connectivity index (χ0v) is 12.7. The van der Waals surface area contributed by atoms with Gasteiger partial charge in [-0.3, -0.25) is 4.79 Å². The summed E-state index contributed by atoms with van der Waals surface area (Å²) in [5.74, 6) is -0.626. The number of nitrogens with zero attached hydrogens (tertiary/aromatic N) is 2. The van der Waals surface area contributed by atoms with Gasteiger partial charge in [-0.1, -0.05) is 17.7 Å². The van der Waals surface area contributed by atoms with Crippen molar-refractivity contribution in [3.63, 3.8) is 0 Å². The van der Waals surface area contributed by atoms with Gasteiger partial charge in [0.2, 0.25) is 0 Å². The van der Waals surface area contributed by atoms with Gasteiger partial charge in [0.25, 0.3) is 0 Å². The van der Waals surface area contributed by atoms with Crippen LogP contribution in [0.4, 0.5) is 0 Å². The number of benzene rings is 1. The zero-order valence-electron chi connectivity index (χ0n) is 12.7. The minimum atomic E-state index is -0.814. The van der Waals surface area contributed by atoms with Crippen LogP contribution in [-0.2, 0) is 10.2 Å². The number of imidazole rings is 1. The number of hydrogen-bond donors (Lipinski definition) is 2. The molecule has 2 aromatic rings. The average Bonchev–Trinajstić information content (AvgIpc) is 3.04. The number of aromatic nitrogens is 2. The summed E-state index contributed by atoms with van der Waals surface area (Å²) in [6, 6.07) is 8.08. The van der Waals surface area contributed by atoms with E-state index in [1.54, 1.807) is 6.33 Å². The molecule has 1 aliphatic rings. The molecule has 1 aliphatic carbocycles. The van der Waals surface area contributed by atoms with E-state index in [-0.39, 0.29) is 5.92 Å². The quantitative estimate of drug-likeness (QED) is 0.857. The molecule has 116 valence electrons. The summed E-state index contributed by atoms with van der Waals surface area (Å²) in [7, 11) is 0. The smallest absolute Gasteiger partial charge is 0.316 e. The SMILES string of the molecule is Cc1ccc(-n2cnc([C@@]3(C(=O)O)C[C@@H]3CCCN)c2)cc1. The fourth-order valence-electron chi connectivity index (χ4n) is 3.14. The molecule has 1 heterocycles. The Bertz CT molecular complexity index is 677. The van der Waals surface area contributed by atoms with Gasteiger partial charge in [0.15, 0.2) is 0 Å². The third-order valence-electron chi connectivity index (χ3n) is 4.62. The highest BCUT2D eigenvalue weighted by Gasteiger charge is 2.62. The number of aliphatic carboxylic acids is 1. The maximum atomic E-state index is 11.8. The highest BCUT2D eigenvalue weighted by Crippen LogP contribution is 2.56. The first-order valence-corrected chi connectivity index (χ1v) is 7.63. The van der Waals surface area contributed by atoms with E-state index in [1.165, 1.54) is 5.56 Å². The summed E-state index contributed by atoms with van der Waals surface area (Å²) in [6.07, 6.45) is 5.91. The second-order valence-corrected chi connectivity index (χ2v) is 6.11. The molecule has 2 atom stereocenters. The molecule has 5 heteroatoms. The zero-order chi connectivity index (χ0) is 15.7. The van der Waals surface area contributed by atoms with Gasteiger partial charge in [-0.15, -0.1) is 0 Å². The number of carboxylic acid groups (broad SMARTS) is 1. The van der Waals surface area contributed by atoms with Crippen molar-refractivity contribution in [2.24, 2.45) is 11.7 Å². The first-order valence-electron chi connectivity index (χ1n) is 7.63. The van der Waals surface area contributed by atoms with Gasteiger partial charge in [0.1, 0.15) is 5.41 Å². The summed E-state index contributed by atoms with van der Waals surface area (Å²) < 4.78 is 1.89. The van der Waals surface area contributed by atoms with Crippen LogP contribution in [0.5, 0.6) is 0 Å². The van der Waals surface area contributed by atoms with Gasteiger partial charge in [0, 0.05) is 11.9 Å². The van der Waals surface area contributed by atoms with Crippen molar-refractivity contribution in [1.29, 1.82) is 0 Å². The normalized spacial score (nSPS) is 23.5. The van der Waals surface area contributed by atoms with Crippen LogP contribution in [0, 0.1) is 12.8 Å². The lowest BCUT2D eigenvalue weighted by Crippen LogP contribution is -2.23. The van der Waals surface area contributed by atoms with Crippen molar-refractivity contribution < 1.29 is 9.90 Å². The third kappa shape index (κ3) is 2.41. The molecule has 3 N–H and O–H groups in total. The Morgan fingerprint density at radius 3 is 2.82 bits per heavy atom. The number of carbonyl (C=O) groups is 1. The first-order chi connectivity index (χ1) is 10.6. The number of aryl methyl sites for hydroxylation is 1. The Morgan fingerprint density at radius 1 is 1.45 bits per heavy atom. The lowest BCUT2D eigenvalue weighted by Gasteiger charge is -2.09. The third-order valence-corrected chi connectivity index (χ3v) is 4.62. The van der Waals surface area contributed by atoms with E-state index in [1.807, 2.05) is 42.0 Å². The predicted molar refractivity (Wildman–Crippen MR) is 84.0 cm³/mol. The molecular weight excluding hydrogens is 278 g/mol. The highest BCUT2D eigenvalue weighted by atomic mass is 16.4. The molecule has 0 aliphatic heterocycles. The second-order valence-electron chi connectivity index (χ2n) is 6.11. The van der Waals surface area contributed by atoms with Gasteiger partial charge in [0.05, 0.1) is 12.0 Å². The molecule has 0 radical (unpaired) electrons. The minimum absolute atomic E-state index is 0.148. The number of rotatable bonds is 6. The Balaban J connectivity index is 1.86. The molecule has 0 saturated heterocycles. The van der Waals surface area contributed by atoms with Crippen LogP contribution in [0.2, 0.25) is 0 Å². The molecule has 0 unspecified atom stereocenters. The highest BCUT2D eigenvalue weighted by molar-refractivity contribution is 5.85. The Labute approximate surface area is 129 Å². The Kier molecular flexibility index (Phi) is 3.74. The summed E-state index contributed by atoms with van der Waals surface area (Å²) >= 11 is 0. The van der Waals surface area contributed by atoms with Crippen LogP contribution in [0.3, 0.4) is 0 Å². The molecule has 0 bridgehead atoms. The second kappa shape index (κ2) is 5.57. The average molecular weight is 299 g/mol. The molecule has 1 aromatic carbocycles. The van der Waals surface area contributed by atoms with Gasteiger partial charge in [-0.2, -0.15) is 0 Å². The molecule has 1 aromatic heterocycles. The van der Waals surface area contributed by atoms with E-state index in [0.717, 1.165) is 18.5 Å². The van der Waals surface area contributed by atoms with Crippen LogP contribution < -0.4 is 5.73 Å². The molecule has 0 spiro atoms. The maximum Gasteiger partial charge on any atom is 0.316 e. The van der Waals surface area contributed by atoms with Gasteiger partial charge in [-0.25, -0.2) is 4.98 Å². The summed E-state index contributed by atoms with van der Waals surface area (Å²) in [5.41, 5.74) is 7.55. The first kappa shape index (κ1) is 14.8. The van der Waals surface area contributed by atoms with Crippen molar-refractivity contribution in [3.05, 3.63) is 48.0 Å². The molecule has 5 nitrogen and oxygen atoms in total. The largest absolute Gasteiger partial charge is 0.481 e. The monoisotopic (exact) mass is 299 g/mol. The van der Waals surface area contributed by atoms with Crippen molar-refractivity contribution in [2.45, 2.75) is 31.6 Å². The van der Waals surface area contributed by atoms with Gasteiger partial charge >= 0.3 is 5.97 Å². The number of carboxylic acids is 1. The van der Waals surface area contributed by atoms with Crippen molar-refractivity contribution >= 4 is 5.97 Å². The molecule has 3 rings (SSSR count). The summed E-state index contributed by atoms with van der Waals surface area (Å²) in [4.78, 5) is 16.1. The fourth-order valence-corrected chi connectivity index (χ4v) is 3.14. The maximum absolute atomic E-state index is 11.8. The van der Waals surface area contributed by atoms with E-state index >= 15 is 0 Å². The Hall–Kier alpha value is -2.14. The van der Waals surface area contributed by atoms with Gasteiger partial charge < -0.3 is 15.4 Å². The number of hydrogen-bond acceptors (Lipinski definition) is 3. The lowest BCUT2D eigenvalue weighted by molar-refractivity contribution is -0.140. The van der Waals surface area contributed by atoms with E-state index in [2.05, 4.69) is 4.98 Å². The van der Waals surface area contributed by atoms with Crippen molar-refractivity contribution in [3.8, 4) is 5.69 Å². The lowest BCUT2D eigenvalue weighted by atomic mass is 9.98. The van der Waals surface area contributed by atoms with Crippen molar-refractivity contribution in [1.82, 2.24) is 9.55 Å². The summed E-state index contributed by atoms with van der Waals surface area (Å²) in [6.45, 7) is 2.64. The summed E-state index contributed by atoms with van der Waals surface area (Å²) in [5, 5.41) is 9.66. The molecule has 22 heavy (non-hydrogen) atoms. The van der Waals surface area contributed by atoms with Crippen LogP contribution in [0.1, 0.15) is 30.5 Å². The molecule has 1 saturated carbocycles. The fraction of sp³-hybridized carbons (Fsp3) is 0.412. The van der Waals surface area contributed by atoms with E-state index in [0.29, 0.717) is 18.7 Å². The molecule has 1 fully saturated rings. The van der Waals surface area contributed by atoms with Crippen molar-refractivity contribution in [2.75, 3.05) is 6.54 Å². The Morgan fingerprint density at radius 2 is 2.18 bits per heavy atom. The van der Waals surface area contributed by atoms with Gasteiger partial charge in [-0.05, 0) is 50.8 Å². The van der Waals surface area contributed by atoms with E-state index in [4.69, 9.17) is 5.73 Å². The van der Waals surface area contributed by atoms with Crippen LogP contribution >= 0.6 is 0 Å². The molecule has 0 amide bonds. The number of nitrogens with two attached hydrogens (primary N) is 1. The standard InChI is InChI=1S/C17H21N3O2/c1-12-4-6-14(7-5-12)20-10-15(19-11-20)17(16(21)22)9-13(17)3-2-8-18/h4-7,10-11,13H,2-3,8-9,18H2,1H3,(H,21,22)/t13-,17+/m0/s1. The van der Waals surface area contributed by atoms with Crippen LogP contribution in [-0.4, -0.2) is 27.2 Å². The topological polar surface area (TPSA) is 81.1 Å². The van der Waals surface area contributed by atoms with Crippen LogP contribution in [0.25, 0.3) is 5.69 Å². The minimum Gasteiger partial charge on any atom is -0.481 e.